The predicted octanol–water partition coefficient (Wildman–Crippen LogP) is 3.20. The van der Waals surface area contributed by atoms with Crippen molar-refractivity contribution in [3.05, 3.63) is 29.8 Å². The number of hydrogen-bond donors (Lipinski definition) is 3. The van der Waals surface area contributed by atoms with Crippen LogP contribution in [0.15, 0.2) is 24.3 Å². The number of rotatable bonds is 15. The Balaban J connectivity index is 0.00000576. The van der Waals surface area contributed by atoms with Gasteiger partial charge in [0.05, 0.1) is 0 Å². The number of anilines is 1. The Morgan fingerprint density at radius 2 is 1.40 bits per heavy atom. The van der Waals surface area contributed by atoms with Crippen molar-refractivity contribution < 1.29 is 0 Å². The number of nitrogens with zero attached hydrogens (tertiary/aromatic N) is 1. The van der Waals surface area contributed by atoms with Crippen molar-refractivity contribution in [3.8, 4) is 0 Å². The van der Waals surface area contributed by atoms with Crippen LogP contribution in [-0.4, -0.2) is 51.0 Å². The van der Waals surface area contributed by atoms with E-state index in [1.807, 2.05) is 0 Å². The highest BCUT2D eigenvalue weighted by atomic mass is 35.5. The molecule has 7 heteroatoms. The topological polar surface area (TPSA) is 53.3 Å². The first-order chi connectivity index (χ1) is 11.8. The molecule has 1 aromatic rings. The van der Waals surface area contributed by atoms with Crippen molar-refractivity contribution in [1.29, 1.82) is 0 Å². The molecule has 0 fully saturated rings. The van der Waals surface area contributed by atoms with Crippen molar-refractivity contribution in [2.75, 3.05) is 55.9 Å². The van der Waals surface area contributed by atoms with E-state index < -0.39 is 0 Å². The van der Waals surface area contributed by atoms with Gasteiger partial charge in [0.2, 0.25) is 0 Å². The lowest BCUT2D eigenvalue weighted by atomic mass is 10.2. The lowest BCUT2D eigenvalue weighted by Crippen LogP contribution is -2.27. The van der Waals surface area contributed by atoms with Gasteiger partial charge in [0.1, 0.15) is 0 Å². The van der Waals surface area contributed by atoms with Gasteiger partial charge in [-0.3, -0.25) is 0 Å². The summed E-state index contributed by atoms with van der Waals surface area (Å²) >= 11 is 11.7. The number of nitrogens with one attached hydrogen (secondary N) is 2. The molecule has 0 amide bonds. The fourth-order valence-corrected chi connectivity index (χ4v) is 2.89. The minimum Gasteiger partial charge on any atom is -0.369 e. The Kier molecular flexibility index (Phi) is 17.0. The van der Waals surface area contributed by atoms with Crippen LogP contribution in [0.3, 0.4) is 0 Å². The van der Waals surface area contributed by atoms with Crippen LogP contribution in [0.4, 0.5) is 5.69 Å². The van der Waals surface area contributed by atoms with Crippen molar-refractivity contribution in [3.63, 3.8) is 0 Å². The third-order valence-corrected chi connectivity index (χ3v) is 4.19. The molecule has 146 valence electrons. The molecule has 0 spiro atoms. The molecule has 0 aliphatic heterocycles. The maximum atomic E-state index is 5.85. The second-order valence-corrected chi connectivity index (χ2v) is 6.56. The third kappa shape index (κ3) is 11.9. The Hall–Kier alpha value is -0.230. The van der Waals surface area contributed by atoms with E-state index in [0.717, 1.165) is 52.2 Å². The van der Waals surface area contributed by atoms with Crippen LogP contribution in [0, 0.1) is 0 Å². The van der Waals surface area contributed by atoms with Crippen LogP contribution in [0.5, 0.6) is 0 Å². The number of unbranched alkanes of at least 4 members (excludes halogenated alkanes) is 1. The second kappa shape index (κ2) is 17.2. The molecule has 0 heterocycles. The zero-order valence-corrected chi connectivity index (χ0v) is 17.3. The van der Waals surface area contributed by atoms with Crippen LogP contribution in [0.25, 0.3) is 0 Å². The molecule has 25 heavy (non-hydrogen) atoms. The summed E-state index contributed by atoms with van der Waals surface area (Å²) in [4.78, 5) is 2.22. The summed E-state index contributed by atoms with van der Waals surface area (Å²) in [5.74, 6) is 1.22. The zero-order chi connectivity index (χ0) is 17.5. The second-order valence-electron chi connectivity index (χ2n) is 5.81. The molecule has 0 bridgehead atoms. The SMILES string of the molecule is Cl.NCCCNCCCCNCc1ccc(N(CCCl)CCCl)cc1. The van der Waals surface area contributed by atoms with E-state index >= 15 is 0 Å². The van der Waals surface area contributed by atoms with Gasteiger partial charge in [-0.05, 0) is 63.1 Å². The fourth-order valence-electron chi connectivity index (χ4n) is 2.48. The van der Waals surface area contributed by atoms with E-state index in [9.17, 15) is 0 Å². The summed E-state index contributed by atoms with van der Waals surface area (Å²) < 4.78 is 0. The van der Waals surface area contributed by atoms with Gasteiger partial charge in [-0.2, -0.15) is 0 Å². The first kappa shape index (κ1) is 24.8. The van der Waals surface area contributed by atoms with Crippen LogP contribution < -0.4 is 21.3 Å². The monoisotopic (exact) mass is 410 g/mol. The Labute approximate surface area is 169 Å². The lowest BCUT2D eigenvalue weighted by molar-refractivity contribution is 0.575. The van der Waals surface area contributed by atoms with Gasteiger partial charge in [0.15, 0.2) is 0 Å². The molecule has 0 atom stereocenters. The molecule has 4 nitrogen and oxygen atoms in total. The molecule has 0 aromatic heterocycles. The Bertz CT molecular complexity index is 398. The molecular formula is C18H33Cl3N4. The Morgan fingerprint density at radius 1 is 0.840 bits per heavy atom. The van der Waals surface area contributed by atoms with Crippen LogP contribution in [0.1, 0.15) is 24.8 Å². The minimum absolute atomic E-state index is 0. The normalized spacial score (nSPS) is 10.5. The summed E-state index contributed by atoms with van der Waals surface area (Å²) in [5, 5.41) is 6.90. The van der Waals surface area contributed by atoms with E-state index in [-0.39, 0.29) is 12.4 Å². The molecule has 0 saturated heterocycles. The van der Waals surface area contributed by atoms with Crippen LogP contribution in [0.2, 0.25) is 0 Å². The maximum absolute atomic E-state index is 5.85. The summed E-state index contributed by atoms with van der Waals surface area (Å²) in [6, 6.07) is 8.65. The Morgan fingerprint density at radius 3 is 1.96 bits per heavy atom. The minimum atomic E-state index is 0. The van der Waals surface area contributed by atoms with Crippen molar-refractivity contribution in [1.82, 2.24) is 10.6 Å². The zero-order valence-electron chi connectivity index (χ0n) is 15.0. The number of nitrogens with two attached hydrogens (primary N) is 1. The smallest absolute Gasteiger partial charge is 0.0399 e. The van der Waals surface area contributed by atoms with Gasteiger partial charge in [0.25, 0.3) is 0 Å². The largest absolute Gasteiger partial charge is 0.369 e. The van der Waals surface area contributed by atoms with Gasteiger partial charge in [0, 0.05) is 37.1 Å². The molecule has 0 saturated carbocycles. The van der Waals surface area contributed by atoms with E-state index in [2.05, 4.69) is 39.8 Å². The standard InChI is InChI=1S/C18H32Cl2N4.ClH/c19-8-14-24(15-9-20)18-6-4-17(5-7-18)16-23-12-2-1-11-22-13-3-10-21;/h4-7,22-23H,1-3,8-16,21H2;1H. The molecule has 4 N–H and O–H groups in total. The highest BCUT2D eigenvalue weighted by Gasteiger charge is 2.05. The van der Waals surface area contributed by atoms with Crippen LogP contribution in [-0.2, 0) is 6.54 Å². The van der Waals surface area contributed by atoms with Gasteiger partial charge >= 0.3 is 0 Å². The van der Waals surface area contributed by atoms with Crippen molar-refractivity contribution in [2.24, 2.45) is 5.73 Å². The molecule has 0 aliphatic carbocycles. The number of alkyl halides is 2. The molecule has 0 radical (unpaired) electrons. The predicted molar refractivity (Wildman–Crippen MR) is 115 cm³/mol. The summed E-state index contributed by atoms with van der Waals surface area (Å²) in [7, 11) is 0. The van der Waals surface area contributed by atoms with Gasteiger partial charge < -0.3 is 21.3 Å². The first-order valence-corrected chi connectivity index (χ1v) is 9.96. The summed E-state index contributed by atoms with van der Waals surface area (Å²) in [6.07, 6.45) is 3.44. The lowest BCUT2D eigenvalue weighted by Gasteiger charge is -2.23. The fraction of sp³-hybridized carbons (Fsp3) is 0.667. The molecule has 1 rings (SSSR count). The van der Waals surface area contributed by atoms with E-state index in [0.29, 0.717) is 11.8 Å². The third-order valence-electron chi connectivity index (χ3n) is 3.85. The van der Waals surface area contributed by atoms with Crippen molar-refractivity contribution >= 4 is 41.3 Å². The average molecular weight is 412 g/mol. The number of benzene rings is 1. The quantitative estimate of drug-likeness (QED) is 0.306. The van der Waals surface area contributed by atoms with E-state index in [1.54, 1.807) is 0 Å². The van der Waals surface area contributed by atoms with Gasteiger partial charge in [-0.15, -0.1) is 35.6 Å². The highest BCUT2D eigenvalue weighted by molar-refractivity contribution is 6.18. The average Bonchev–Trinajstić information content (AvgIpc) is 2.61. The molecule has 1 aromatic carbocycles. The van der Waals surface area contributed by atoms with Crippen LogP contribution >= 0.6 is 35.6 Å². The van der Waals surface area contributed by atoms with Gasteiger partial charge in [-0.25, -0.2) is 0 Å². The van der Waals surface area contributed by atoms with E-state index in [4.69, 9.17) is 28.9 Å². The van der Waals surface area contributed by atoms with Gasteiger partial charge in [-0.1, -0.05) is 12.1 Å². The van der Waals surface area contributed by atoms with Crippen molar-refractivity contribution in [2.45, 2.75) is 25.8 Å². The first-order valence-electron chi connectivity index (χ1n) is 8.89. The number of hydrogen-bond acceptors (Lipinski definition) is 4. The molecule has 0 unspecified atom stereocenters. The number of halogens is 3. The summed E-state index contributed by atoms with van der Waals surface area (Å²) in [5.41, 5.74) is 7.94. The maximum Gasteiger partial charge on any atom is 0.0399 e. The molecule has 0 aliphatic rings. The summed E-state index contributed by atoms with van der Waals surface area (Å²) in [6.45, 7) is 6.48. The molecular weight excluding hydrogens is 379 g/mol. The highest BCUT2D eigenvalue weighted by Crippen LogP contribution is 2.15. The van der Waals surface area contributed by atoms with E-state index in [1.165, 1.54) is 24.1 Å².